The van der Waals surface area contributed by atoms with Crippen LogP contribution < -0.4 is 5.32 Å². The molecule has 2 aromatic carbocycles. The topological polar surface area (TPSA) is 66.5 Å². The first kappa shape index (κ1) is 21.1. The standard InChI is InChI=1S/C20H22Cl2N2O3S/c1-14-6-8-16(13-18(14)22)23-20(25)15-7-9-17(21)19(12-15)28(26,27)24-10-4-2-3-5-11-24/h6-9,12-13H,2-5,10-11H2,1H3,(H,23,25). The molecule has 8 heteroatoms. The van der Waals surface area contributed by atoms with Gasteiger partial charge >= 0.3 is 0 Å². The Morgan fingerprint density at radius 3 is 2.29 bits per heavy atom. The summed E-state index contributed by atoms with van der Waals surface area (Å²) in [7, 11) is -3.76. The van der Waals surface area contributed by atoms with Crippen molar-refractivity contribution >= 4 is 44.8 Å². The fourth-order valence-electron chi connectivity index (χ4n) is 3.14. The lowest BCUT2D eigenvalue weighted by molar-refractivity contribution is 0.102. The van der Waals surface area contributed by atoms with Crippen LogP contribution in [0, 0.1) is 6.92 Å². The molecule has 0 unspecified atom stereocenters. The van der Waals surface area contributed by atoms with Crippen LogP contribution in [0.15, 0.2) is 41.3 Å². The maximum absolute atomic E-state index is 13.1. The van der Waals surface area contributed by atoms with Crippen molar-refractivity contribution in [1.82, 2.24) is 4.31 Å². The molecule has 1 aliphatic rings. The number of hydrogen-bond acceptors (Lipinski definition) is 3. The Kier molecular flexibility index (Phi) is 6.65. The van der Waals surface area contributed by atoms with Crippen LogP contribution in [-0.4, -0.2) is 31.7 Å². The van der Waals surface area contributed by atoms with Crippen LogP contribution in [0.3, 0.4) is 0 Å². The summed E-state index contributed by atoms with van der Waals surface area (Å²) in [5.41, 5.74) is 1.65. The van der Waals surface area contributed by atoms with Crippen LogP contribution in [0.5, 0.6) is 0 Å². The average Bonchev–Trinajstić information content (AvgIpc) is 2.95. The number of halogens is 2. The summed E-state index contributed by atoms with van der Waals surface area (Å²) < 4.78 is 27.6. The molecule has 0 atom stereocenters. The van der Waals surface area contributed by atoms with Gasteiger partial charge in [-0.3, -0.25) is 4.79 Å². The van der Waals surface area contributed by atoms with Crippen molar-refractivity contribution in [2.45, 2.75) is 37.5 Å². The first-order valence-electron chi connectivity index (χ1n) is 9.16. The number of sulfonamides is 1. The van der Waals surface area contributed by atoms with E-state index in [2.05, 4.69) is 5.32 Å². The quantitative estimate of drug-likeness (QED) is 0.716. The number of hydrogen-bond donors (Lipinski definition) is 1. The van der Waals surface area contributed by atoms with Crippen LogP contribution in [0.1, 0.15) is 41.6 Å². The summed E-state index contributed by atoms with van der Waals surface area (Å²) in [4.78, 5) is 12.6. The average molecular weight is 441 g/mol. The highest BCUT2D eigenvalue weighted by atomic mass is 35.5. The molecule has 5 nitrogen and oxygen atoms in total. The van der Waals surface area contributed by atoms with Crippen molar-refractivity contribution in [1.29, 1.82) is 0 Å². The third-order valence-electron chi connectivity index (χ3n) is 4.81. The summed E-state index contributed by atoms with van der Waals surface area (Å²) >= 11 is 12.3. The highest BCUT2D eigenvalue weighted by molar-refractivity contribution is 7.89. The van der Waals surface area contributed by atoms with Gasteiger partial charge in [-0.1, -0.05) is 42.1 Å². The molecule has 150 valence electrons. The lowest BCUT2D eigenvalue weighted by atomic mass is 10.2. The molecule has 3 rings (SSSR count). The summed E-state index contributed by atoms with van der Waals surface area (Å²) in [6.45, 7) is 2.81. The highest BCUT2D eigenvalue weighted by Crippen LogP contribution is 2.28. The number of amides is 1. The third kappa shape index (κ3) is 4.69. The van der Waals surface area contributed by atoms with Gasteiger partial charge in [0.2, 0.25) is 10.0 Å². The summed E-state index contributed by atoms with van der Waals surface area (Å²) in [5.74, 6) is -0.427. The van der Waals surface area contributed by atoms with Gasteiger partial charge in [-0.2, -0.15) is 4.31 Å². The molecule has 0 bridgehead atoms. The minimum Gasteiger partial charge on any atom is -0.322 e. The number of anilines is 1. The van der Waals surface area contributed by atoms with E-state index in [4.69, 9.17) is 23.2 Å². The van der Waals surface area contributed by atoms with E-state index in [0.29, 0.717) is 23.8 Å². The minimum atomic E-state index is -3.76. The van der Waals surface area contributed by atoms with Crippen LogP contribution in [0.4, 0.5) is 5.69 Å². The molecule has 2 aromatic rings. The molecule has 28 heavy (non-hydrogen) atoms. The number of nitrogens with zero attached hydrogens (tertiary/aromatic N) is 1. The predicted molar refractivity (Wildman–Crippen MR) is 113 cm³/mol. The summed E-state index contributed by atoms with van der Waals surface area (Å²) in [6.07, 6.45) is 3.68. The van der Waals surface area contributed by atoms with Gasteiger partial charge in [0.1, 0.15) is 4.90 Å². The van der Waals surface area contributed by atoms with Gasteiger partial charge in [-0.25, -0.2) is 8.42 Å². The third-order valence-corrected chi connectivity index (χ3v) is 7.59. The minimum absolute atomic E-state index is 0.0364. The first-order chi connectivity index (χ1) is 13.3. The number of rotatable bonds is 4. The molecular weight excluding hydrogens is 419 g/mol. The number of carbonyl (C=O) groups excluding carboxylic acids is 1. The molecular formula is C20H22Cl2N2O3S. The second kappa shape index (κ2) is 8.82. The van der Waals surface area contributed by atoms with Crippen molar-refractivity contribution < 1.29 is 13.2 Å². The highest BCUT2D eigenvalue weighted by Gasteiger charge is 2.28. The molecule has 1 aliphatic heterocycles. The van der Waals surface area contributed by atoms with E-state index >= 15 is 0 Å². The van der Waals surface area contributed by atoms with Crippen molar-refractivity contribution in [2.24, 2.45) is 0 Å². The molecule has 0 radical (unpaired) electrons. The Hall–Kier alpha value is -1.60. The van der Waals surface area contributed by atoms with E-state index in [1.54, 1.807) is 18.2 Å². The van der Waals surface area contributed by atoms with Gasteiger partial charge in [0.15, 0.2) is 0 Å². The molecule has 1 heterocycles. The van der Waals surface area contributed by atoms with E-state index in [-0.39, 0.29) is 15.5 Å². The summed E-state index contributed by atoms with van der Waals surface area (Å²) in [5, 5.41) is 3.39. The number of carbonyl (C=O) groups is 1. The smallest absolute Gasteiger partial charge is 0.255 e. The van der Waals surface area contributed by atoms with Gasteiger partial charge in [0.25, 0.3) is 5.91 Å². The lowest BCUT2D eigenvalue weighted by Crippen LogP contribution is -2.32. The molecule has 1 amide bonds. The fraction of sp³-hybridized carbons (Fsp3) is 0.350. The Morgan fingerprint density at radius 1 is 0.964 bits per heavy atom. The summed E-state index contributed by atoms with van der Waals surface area (Å²) in [6, 6.07) is 9.49. The Bertz CT molecular complexity index is 985. The van der Waals surface area contributed by atoms with Crippen LogP contribution >= 0.6 is 23.2 Å². The van der Waals surface area contributed by atoms with Gasteiger partial charge in [-0.05, 0) is 55.7 Å². The monoisotopic (exact) mass is 440 g/mol. The predicted octanol–water partition coefficient (Wildman–Crippen LogP) is 5.12. The van der Waals surface area contributed by atoms with Gasteiger partial charge in [0, 0.05) is 29.4 Å². The van der Waals surface area contributed by atoms with E-state index < -0.39 is 15.9 Å². The SMILES string of the molecule is Cc1ccc(NC(=O)c2ccc(Cl)c(S(=O)(=O)N3CCCCCC3)c2)cc1Cl. The van der Waals surface area contributed by atoms with Gasteiger partial charge < -0.3 is 5.32 Å². The zero-order chi connectivity index (χ0) is 20.3. The van der Waals surface area contributed by atoms with Crippen molar-refractivity contribution in [3.63, 3.8) is 0 Å². The van der Waals surface area contributed by atoms with E-state index in [1.807, 2.05) is 6.92 Å². The molecule has 1 saturated heterocycles. The largest absolute Gasteiger partial charge is 0.322 e. The van der Waals surface area contributed by atoms with Gasteiger partial charge in [-0.15, -0.1) is 0 Å². The number of benzene rings is 2. The molecule has 0 spiro atoms. The second-order valence-corrected chi connectivity index (χ2v) is 9.60. The molecule has 1 fully saturated rings. The second-order valence-electron chi connectivity index (χ2n) is 6.88. The van der Waals surface area contributed by atoms with E-state index in [0.717, 1.165) is 31.2 Å². The molecule has 0 aromatic heterocycles. The van der Waals surface area contributed by atoms with Crippen molar-refractivity contribution in [3.8, 4) is 0 Å². The van der Waals surface area contributed by atoms with Crippen LogP contribution in [0.2, 0.25) is 10.0 Å². The lowest BCUT2D eigenvalue weighted by Gasteiger charge is -2.21. The fourth-order valence-corrected chi connectivity index (χ4v) is 5.34. The van der Waals surface area contributed by atoms with Crippen LogP contribution in [0.25, 0.3) is 0 Å². The number of aryl methyl sites for hydroxylation is 1. The Labute approximate surface area is 175 Å². The van der Waals surface area contributed by atoms with Crippen molar-refractivity contribution in [3.05, 3.63) is 57.6 Å². The number of nitrogens with one attached hydrogen (secondary N) is 1. The van der Waals surface area contributed by atoms with Crippen molar-refractivity contribution in [2.75, 3.05) is 18.4 Å². The Morgan fingerprint density at radius 2 is 1.64 bits per heavy atom. The zero-order valence-electron chi connectivity index (χ0n) is 15.5. The zero-order valence-corrected chi connectivity index (χ0v) is 17.9. The van der Waals surface area contributed by atoms with Gasteiger partial charge in [0.05, 0.1) is 5.02 Å². The normalized spacial score (nSPS) is 15.8. The first-order valence-corrected chi connectivity index (χ1v) is 11.4. The maximum Gasteiger partial charge on any atom is 0.255 e. The van der Waals surface area contributed by atoms with Crippen LogP contribution in [-0.2, 0) is 10.0 Å². The molecule has 1 N–H and O–H groups in total. The van der Waals surface area contributed by atoms with E-state index in [1.165, 1.54) is 22.5 Å². The van der Waals surface area contributed by atoms with E-state index in [9.17, 15) is 13.2 Å². The maximum atomic E-state index is 13.1. The molecule has 0 saturated carbocycles. The molecule has 0 aliphatic carbocycles. The Balaban J connectivity index is 1.87.